The molecule has 0 radical (unpaired) electrons. The van der Waals surface area contributed by atoms with E-state index in [9.17, 15) is 0 Å². The number of benzene rings is 10. The highest BCUT2D eigenvalue weighted by Crippen LogP contribution is 2.46. The van der Waals surface area contributed by atoms with Crippen LogP contribution in [-0.2, 0) is 0 Å². The summed E-state index contributed by atoms with van der Waals surface area (Å²) in [5.41, 5.74) is 8.91. The largest absolute Gasteiger partial charge is 0.456 e. The van der Waals surface area contributed by atoms with Crippen molar-refractivity contribution < 1.29 is 8.83 Å². The fraction of sp³-hybridized carbons (Fsp3) is 0. The molecule has 0 unspecified atom stereocenters. The second-order valence-corrected chi connectivity index (χ2v) is 16.4. The van der Waals surface area contributed by atoms with Gasteiger partial charge >= 0.3 is 0 Å². The van der Waals surface area contributed by atoms with Crippen LogP contribution in [0.25, 0.3) is 138 Å². The van der Waals surface area contributed by atoms with Gasteiger partial charge < -0.3 is 13.4 Å². The minimum atomic E-state index is 0.548. The van der Waals surface area contributed by atoms with Gasteiger partial charge in [0.2, 0.25) is 0 Å². The molecular formula is C57H32N4O2. The van der Waals surface area contributed by atoms with Crippen LogP contribution in [0.4, 0.5) is 0 Å². The molecule has 0 atom stereocenters. The van der Waals surface area contributed by atoms with Gasteiger partial charge in [0.15, 0.2) is 17.5 Å². The molecule has 10 aromatic carbocycles. The monoisotopic (exact) mass is 804 g/mol. The molecule has 0 amide bonds. The molecule has 4 heterocycles. The van der Waals surface area contributed by atoms with Gasteiger partial charge in [-0.25, -0.2) is 15.0 Å². The second-order valence-electron chi connectivity index (χ2n) is 16.4. The van der Waals surface area contributed by atoms with Crippen LogP contribution in [0.15, 0.2) is 203 Å². The summed E-state index contributed by atoms with van der Waals surface area (Å²) in [6.45, 7) is 0. The number of hydrogen-bond donors (Lipinski definition) is 0. The van der Waals surface area contributed by atoms with Crippen molar-refractivity contribution in [1.82, 2.24) is 19.5 Å². The molecule has 0 saturated heterocycles. The summed E-state index contributed by atoms with van der Waals surface area (Å²) in [7, 11) is 0. The summed E-state index contributed by atoms with van der Waals surface area (Å²) in [4.78, 5) is 16.1. The topological polar surface area (TPSA) is 69.9 Å². The maximum Gasteiger partial charge on any atom is 0.166 e. The highest BCUT2D eigenvalue weighted by molar-refractivity contribution is 6.21. The molecule has 6 nitrogen and oxygen atoms in total. The lowest BCUT2D eigenvalue weighted by atomic mass is 10.0. The number of furan rings is 2. The average molecular weight is 805 g/mol. The van der Waals surface area contributed by atoms with Crippen molar-refractivity contribution in [2.24, 2.45) is 0 Å². The van der Waals surface area contributed by atoms with Gasteiger partial charge in [0.1, 0.15) is 22.3 Å². The molecular weight excluding hydrogens is 773 g/mol. The first-order chi connectivity index (χ1) is 31.2. The van der Waals surface area contributed by atoms with E-state index in [1.54, 1.807) is 0 Å². The molecule has 0 spiro atoms. The molecule has 0 bridgehead atoms. The van der Waals surface area contributed by atoms with Gasteiger partial charge in [0.05, 0.1) is 22.1 Å². The summed E-state index contributed by atoms with van der Waals surface area (Å²) in [6.07, 6.45) is 0. The SMILES string of the molecule is c1ccc(-c2nc(-c3ccc4oc5cc6ccccc6cc5c4c3-n3c4cc5ccccc5cc4c4cc5ccccc5cc43)nc(-c3cccc4oc5ccccc5c34)n2)cc1. The molecule has 0 aliphatic rings. The van der Waals surface area contributed by atoms with Gasteiger partial charge in [0.25, 0.3) is 0 Å². The van der Waals surface area contributed by atoms with Crippen molar-refractivity contribution in [1.29, 1.82) is 0 Å². The van der Waals surface area contributed by atoms with Crippen LogP contribution < -0.4 is 0 Å². The number of rotatable bonds is 4. The minimum Gasteiger partial charge on any atom is -0.456 e. The molecule has 0 aliphatic heterocycles. The van der Waals surface area contributed by atoms with Crippen LogP contribution in [-0.4, -0.2) is 19.5 Å². The van der Waals surface area contributed by atoms with E-state index in [0.29, 0.717) is 17.5 Å². The van der Waals surface area contributed by atoms with Crippen LogP contribution in [0.1, 0.15) is 0 Å². The Hall–Kier alpha value is -8.61. The molecule has 63 heavy (non-hydrogen) atoms. The zero-order valence-electron chi connectivity index (χ0n) is 33.6. The molecule has 14 aromatic rings. The van der Waals surface area contributed by atoms with Crippen LogP contribution in [0.3, 0.4) is 0 Å². The lowest BCUT2D eigenvalue weighted by molar-refractivity contribution is 0.668. The molecule has 4 aromatic heterocycles. The predicted molar refractivity (Wildman–Crippen MR) is 258 cm³/mol. The quantitative estimate of drug-likeness (QED) is 0.177. The van der Waals surface area contributed by atoms with E-state index in [1.165, 1.54) is 10.8 Å². The predicted octanol–water partition coefficient (Wildman–Crippen LogP) is 15.2. The van der Waals surface area contributed by atoms with Gasteiger partial charge in [-0.2, -0.15) is 0 Å². The Kier molecular flexibility index (Phi) is 7.02. The Morgan fingerprint density at radius 3 is 1.51 bits per heavy atom. The molecule has 0 N–H and O–H groups in total. The lowest BCUT2D eigenvalue weighted by Gasteiger charge is -2.16. The maximum absolute atomic E-state index is 6.84. The standard InChI is InChI=1S/C57H32N4O2/c1-2-13-33(14-3-1)55-58-56(41-22-12-24-49-52(41)40-21-10-11-23-48(40)62-49)60-57(59-55)42-25-26-50-53(45-29-36-17-6-9-20-39(36)32-51(45)63-50)54(42)61-46-30-37-18-7-4-15-34(37)27-43(46)44-28-35-16-5-8-19-38(35)31-47(44)61/h1-32H. The van der Waals surface area contributed by atoms with Crippen LogP contribution in [0, 0.1) is 0 Å². The van der Waals surface area contributed by atoms with Crippen molar-refractivity contribution in [2.75, 3.05) is 0 Å². The minimum absolute atomic E-state index is 0.548. The van der Waals surface area contributed by atoms with E-state index >= 15 is 0 Å². The van der Waals surface area contributed by atoms with Crippen molar-refractivity contribution in [3.8, 4) is 39.9 Å². The Bertz CT molecular complexity index is 4120. The molecule has 0 saturated carbocycles. The Labute approximate surface area is 358 Å². The summed E-state index contributed by atoms with van der Waals surface area (Å²) in [6, 6.07) is 68.1. The van der Waals surface area contributed by atoms with E-state index in [1.807, 2.05) is 48.5 Å². The first kappa shape index (κ1) is 34.1. The molecule has 0 fully saturated rings. The van der Waals surface area contributed by atoms with E-state index in [0.717, 1.165) is 110 Å². The lowest BCUT2D eigenvalue weighted by Crippen LogP contribution is -2.04. The fourth-order valence-corrected chi connectivity index (χ4v) is 9.87. The Morgan fingerprint density at radius 2 is 0.825 bits per heavy atom. The van der Waals surface area contributed by atoms with Crippen molar-refractivity contribution in [3.63, 3.8) is 0 Å². The number of fused-ring (bicyclic) bond motifs is 12. The summed E-state index contributed by atoms with van der Waals surface area (Å²) in [5.74, 6) is 1.69. The van der Waals surface area contributed by atoms with Crippen LogP contribution in [0.2, 0.25) is 0 Å². The summed E-state index contributed by atoms with van der Waals surface area (Å²) in [5, 5.41) is 13.2. The van der Waals surface area contributed by atoms with Gasteiger partial charge in [-0.3, -0.25) is 0 Å². The van der Waals surface area contributed by atoms with Gasteiger partial charge in [0, 0.05) is 43.6 Å². The van der Waals surface area contributed by atoms with Crippen molar-refractivity contribution in [3.05, 3.63) is 194 Å². The number of nitrogens with zero attached hydrogens (tertiary/aromatic N) is 4. The van der Waals surface area contributed by atoms with E-state index < -0.39 is 0 Å². The number of para-hydroxylation sites is 1. The first-order valence-corrected chi connectivity index (χ1v) is 21.2. The van der Waals surface area contributed by atoms with E-state index in [-0.39, 0.29) is 0 Å². The third-order valence-electron chi connectivity index (χ3n) is 12.8. The first-order valence-electron chi connectivity index (χ1n) is 21.2. The average Bonchev–Trinajstić information content (AvgIpc) is 4.00. The number of hydrogen-bond acceptors (Lipinski definition) is 5. The fourth-order valence-electron chi connectivity index (χ4n) is 9.87. The Balaban J connectivity index is 1.17. The number of aromatic nitrogens is 4. The van der Waals surface area contributed by atoms with Gasteiger partial charge in [-0.15, -0.1) is 0 Å². The highest BCUT2D eigenvalue weighted by Gasteiger charge is 2.26. The third-order valence-corrected chi connectivity index (χ3v) is 12.8. The smallest absolute Gasteiger partial charge is 0.166 e. The van der Waals surface area contributed by atoms with Crippen LogP contribution in [0.5, 0.6) is 0 Å². The van der Waals surface area contributed by atoms with Crippen molar-refractivity contribution >= 4 is 98.0 Å². The zero-order chi connectivity index (χ0) is 41.2. The molecule has 14 rings (SSSR count). The normalized spacial score (nSPS) is 12.1. The molecule has 292 valence electrons. The zero-order valence-corrected chi connectivity index (χ0v) is 33.6. The van der Waals surface area contributed by atoms with Crippen LogP contribution >= 0.6 is 0 Å². The summed E-state index contributed by atoms with van der Waals surface area (Å²) >= 11 is 0. The van der Waals surface area contributed by atoms with E-state index in [2.05, 4.69) is 150 Å². The van der Waals surface area contributed by atoms with Gasteiger partial charge in [-0.05, 0) is 93.0 Å². The van der Waals surface area contributed by atoms with E-state index in [4.69, 9.17) is 23.8 Å². The Morgan fingerprint density at radius 1 is 0.317 bits per heavy atom. The van der Waals surface area contributed by atoms with Gasteiger partial charge in [-0.1, -0.05) is 133 Å². The van der Waals surface area contributed by atoms with Crippen molar-refractivity contribution in [2.45, 2.75) is 0 Å². The maximum atomic E-state index is 6.84. The second kappa shape index (κ2) is 12.9. The molecule has 0 aliphatic carbocycles. The highest BCUT2D eigenvalue weighted by atomic mass is 16.3. The summed E-state index contributed by atoms with van der Waals surface area (Å²) < 4.78 is 15.7. The third kappa shape index (κ3) is 5.09. The molecule has 6 heteroatoms.